The molecule has 0 unspecified atom stereocenters. The Morgan fingerprint density at radius 1 is 1.41 bits per heavy atom. The highest BCUT2D eigenvalue weighted by atomic mass is 16.5. The van der Waals surface area contributed by atoms with Crippen LogP contribution in [0.25, 0.3) is 0 Å². The lowest BCUT2D eigenvalue weighted by Gasteiger charge is -2.10. The molecule has 17 heavy (non-hydrogen) atoms. The summed E-state index contributed by atoms with van der Waals surface area (Å²) >= 11 is 0. The molecule has 1 rings (SSSR count). The van der Waals surface area contributed by atoms with E-state index in [2.05, 4.69) is 16.7 Å². The summed E-state index contributed by atoms with van der Waals surface area (Å²) in [6, 6.07) is 7.45. The first-order valence-corrected chi connectivity index (χ1v) is 5.48. The first-order chi connectivity index (χ1) is 8.08. The van der Waals surface area contributed by atoms with Gasteiger partial charge in [0.25, 0.3) is 0 Å². The Morgan fingerprint density at radius 2 is 2.18 bits per heavy atom. The molecule has 0 aliphatic carbocycles. The molecule has 0 fully saturated rings. The van der Waals surface area contributed by atoms with Crippen molar-refractivity contribution in [3.05, 3.63) is 29.8 Å². The van der Waals surface area contributed by atoms with E-state index in [1.807, 2.05) is 38.4 Å². The molecule has 0 saturated carbocycles. The number of hydrogen-bond donors (Lipinski definition) is 0. The minimum Gasteiger partial charge on any atom is -0.492 e. The van der Waals surface area contributed by atoms with E-state index in [1.54, 1.807) is 0 Å². The van der Waals surface area contributed by atoms with Crippen molar-refractivity contribution in [3.8, 4) is 17.6 Å². The summed E-state index contributed by atoms with van der Waals surface area (Å²) < 4.78 is 5.57. The summed E-state index contributed by atoms with van der Waals surface area (Å²) in [4.78, 5) is 12.8. The summed E-state index contributed by atoms with van der Waals surface area (Å²) in [6.45, 7) is 2.95. The molecule has 0 aliphatic heterocycles. The Bertz CT molecular complexity index is 441. The van der Waals surface area contributed by atoms with Crippen LogP contribution in [-0.2, 0) is 4.79 Å². The van der Waals surface area contributed by atoms with Crippen molar-refractivity contribution in [3.63, 3.8) is 0 Å². The van der Waals surface area contributed by atoms with Crippen LogP contribution in [0.2, 0.25) is 0 Å². The van der Waals surface area contributed by atoms with Crippen molar-refractivity contribution >= 4 is 5.78 Å². The molecule has 0 aliphatic rings. The van der Waals surface area contributed by atoms with Gasteiger partial charge in [0.05, 0.1) is 0 Å². The van der Waals surface area contributed by atoms with Gasteiger partial charge in [-0.25, -0.2) is 0 Å². The van der Waals surface area contributed by atoms with Gasteiger partial charge in [-0.1, -0.05) is 12.0 Å². The summed E-state index contributed by atoms with van der Waals surface area (Å²) in [5, 5.41) is 0. The molecule has 0 amide bonds. The molecule has 1 aromatic carbocycles. The molecule has 3 heteroatoms. The monoisotopic (exact) mass is 231 g/mol. The first kappa shape index (κ1) is 13.3. The number of Topliss-reactive ketones (excluding diaryl/α,β-unsaturated/α-hetero) is 1. The van der Waals surface area contributed by atoms with Crippen LogP contribution in [0.15, 0.2) is 24.3 Å². The highest BCUT2D eigenvalue weighted by Crippen LogP contribution is 2.12. The first-order valence-electron chi connectivity index (χ1n) is 5.48. The van der Waals surface area contributed by atoms with Crippen molar-refractivity contribution in [2.45, 2.75) is 6.92 Å². The number of ketones is 1. The lowest BCUT2D eigenvalue weighted by Crippen LogP contribution is -2.19. The summed E-state index contributed by atoms with van der Waals surface area (Å²) in [5.74, 6) is 5.95. The third-order valence-electron chi connectivity index (χ3n) is 2.02. The summed E-state index contributed by atoms with van der Waals surface area (Å²) in [5.41, 5.74) is 0.794. The molecule has 0 bridgehead atoms. The second-order valence-corrected chi connectivity index (χ2v) is 3.99. The Morgan fingerprint density at radius 3 is 2.82 bits per heavy atom. The minimum atomic E-state index is -0.135. The average molecular weight is 231 g/mol. The van der Waals surface area contributed by atoms with E-state index < -0.39 is 0 Å². The number of ether oxygens (including phenoxy) is 1. The molecular weight excluding hydrogens is 214 g/mol. The van der Waals surface area contributed by atoms with E-state index in [9.17, 15) is 4.79 Å². The van der Waals surface area contributed by atoms with Gasteiger partial charge >= 0.3 is 0 Å². The maximum absolute atomic E-state index is 10.7. The normalized spacial score (nSPS) is 9.65. The maximum atomic E-state index is 10.7. The van der Waals surface area contributed by atoms with Gasteiger partial charge < -0.3 is 9.64 Å². The van der Waals surface area contributed by atoms with Crippen molar-refractivity contribution in [2.24, 2.45) is 0 Å². The van der Waals surface area contributed by atoms with Gasteiger partial charge in [0, 0.05) is 19.0 Å². The number of hydrogen-bond acceptors (Lipinski definition) is 3. The summed E-state index contributed by atoms with van der Waals surface area (Å²) in [6.07, 6.45) is 0. The van der Waals surface area contributed by atoms with E-state index in [0.717, 1.165) is 17.9 Å². The predicted molar refractivity (Wildman–Crippen MR) is 68.1 cm³/mol. The van der Waals surface area contributed by atoms with Crippen molar-refractivity contribution < 1.29 is 9.53 Å². The summed E-state index contributed by atoms with van der Waals surface area (Å²) in [7, 11) is 4.00. The molecule has 3 nitrogen and oxygen atoms in total. The molecule has 0 heterocycles. The molecule has 0 atom stereocenters. The number of nitrogens with zero attached hydrogens (tertiary/aromatic N) is 1. The number of carbonyl (C=O) groups is 1. The highest BCUT2D eigenvalue weighted by Gasteiger charge is 1.96. The molecule has 0 saturated heterocycles. The van der Waals surface area contributed by atoms with Crippen LogP contribution in [0.4, 0.5) is 0 Å². The topological polar surface area (TPSA) is 29.5 Å². The van der Waals surface area contributed by atoms with E-state index in [4.69, 9.17) is 4.74 Å². The van der Waals surface area contributed by atoms with Crippen LogP contribution in [0.3, 0.4) is 0 Å². The largest absolute Gasteiger partial charge is 0.492 e. The van der Waals surface area contributed by atoms with Crippen LogP contribution in [0.5, 0.6) is 5.75 Å². The van der Waals surface area contributed by atoms with Crippen LogP contribution in [0.1, 0.15) is 12.5 Å². The molecular formula is C14H17NO2. The molecule has 0 spiro atoms. The van der Waals surface area contributed by atoms with Gasteiger partial charge in [-0.3, -0.25) is 4.79 Å². The van der Waals surface area contributed by atoms with E-state index in [-0.39, 0.29) is 5.78 Å². The van der Waals surface area contributed by atoms with Gasteiger partial charge in [-0.15, -0.1) is 0 Å². The third-order valence-corrected chi connectivity index (χ3v) is 2.02. The average Bonchev–Trinajstić information content (AvgIpc) is 2.26. The van der Waals surface area contributed by atoms with Crippen LogP contribution < -0.4 is 4.74 Å². The molecule has 90 valence electrons. The standard InChI is InChI=1S/C14H17NO2/c1-12(16)7-8-13-5-4-6-14(11-13)17-10-9-15(2)3/h4-6,11H,9-10H2,1-3H3. The fourth-order valence-corrected chi connectivity index (χ4v) is 1.17. The number of carbonyl (C=O) groups excluding carboxylic acids is 1. The van der Waals surface area contributed by atoms with Crippen molar-refractivity contribution in [1.29, 1.82) is 0 Å². The Balaban J connectivity index is 2.61. The molecule has 0 radical (unpaired) electrons. The van der Waals surface area contributed by atoms with Crippen LogP contribution >= 0.6 is 0 Å². The lowest BCUT2D eigenvalue weighted by atomic mass is 10.2. The molecule has 0 N–H and O–H groups in total. The van der Waals surface area contributed by atoms with Gasteiger partial charge in [-0.2, -0.15) is 0 Å². The Hall–Kier alpha value is -1.79. The number of benzene rings is 1. The Labute approximate surface area is 102 Å². The van der Waals surface area contributed by atoms with Crippen molar-refractivity contribution in [2.75, 3.05) is 27.2 Å². The van der Waals surface area contributed by atoms with E-state index >= 15 is 0 Å². The smallest absolute Gasteiger partial charge is 0.202 e. The van der Waals surface area contributed by atoms with Crippen LogP contribution in [0, 0.1) is 11.8 Å². The third kappa shape index (κ3) is 5.74. The fraction of sp³-hybridized carbons (Fsp3) is 0.357. The second-order valence-electron chi connectivity index (χ2n) is 3.99. The van der Waals surface area contributed by atoms with Gasteiger partial charge in [0.15, 0.2) is 0 Å². The maximum Gasteiger partial charge on any atom is 0.202 e. The molecule has 1 aromatic rings. The van der Waals surface area contributed by atoms with Gasteiger partial charge in [-0.05, 0) is 38.2 Å². The van der Waals surface area contributed by atoms with Crippen molar-refractivity contribution in [1.82, 2.24) is 4.90 Å². The quantitative estimate of drug-likeness (QED) is 0.737. The minimum absolute atomic E-state index is 0.135. The van der Waals surface area contributed by atoms with Gasteiger partial charge in [0.2, 0.25) is 5.78 Å². The SMILES string of the molecule is CC(=O)C#Cc1cccc(OCCN(C)C)c1. The van der Waals surface area contributed by atoms with Crippen LogP contribution in [-0.4, -0.2) is 37.9 Å². The van der Waals surface area contributed by atoms with Gasteiger partial charge in [0.1, 0.15) is 12.4 Å². The molecule has 0 aromatic heterocycles. The lowest BCUT2D eigenvalue weighted by molar-refractivity contribution is -0.111. The number of rotatable bonds is 4. The van der Waals surface area contributed by atoms with E-state index in [0.29, 0.717) is 6.61 Å². The predicted octanol–water partition coefficient (Wildman–Crippen LogP) is 1.57. The highest BCUT2D eigenvalue weighted by molar-refractivity contribution is 5.93. The Kier molecular flexibility index (Phi) is 5.25. The van der Waals surface area contributed by atoms with E-state index in [1.165, 1.54) is 6.92 Å². The zero-order valence-corrected chi connectivity index (χ0v) is 10.5. The number of likely N-dealkylation sites (N-methyl/N-ethyl adjacent to an activating group) is 1. The zero-order chi connectivity index (χ0) is 12.7. The second kappa shape index (κ2) is 6.72. The fourth-order valence-electron chi connectivity index (χ4n) is 1.17. The zero-order valence-electron chi connectivity index (χ0n) is 10.5.